The van der Waals surface area contributed by atoms with Gasteiger partial charge in [0.25, 0.3) is 5.91 Å². The van der Waals surface area contributed by atoms with Gasteiger partial charge in [-0.05, 0) is 66.6 Å². The van der Waals surface area contributed by atoms with Crippen LogP contribution in [0.5, 0.6) is 0 Å². The van der Waals surface area contributed by atoms with Gasteiger partial charge in [0, 0.05) is 28.0 Å². The van der Waals surface area contributed by atoms with Crippen molar-refractivity contribution in [2.75, 3.05) is 10.6 Å². The first kappa shape index (κ1) is 22.8. The molecule has 0 radical (unpaired) electrons. The van der Waals surface area contributed by atoms with Gasteiger partial charge in [-0.15, -0.1) is 0 Å². The third-order valence-electron chi connectivity index (χ3n) is 5.73. The highest BCUT2D eigenvalue weighted by atomic mass is 35.5. The van der Waals surface area contributed by atoms with Crippen molar-refractivity contribution in [2.24, 2.45) is 5.73 Å². The average Bonchev–Trinajstić information content (AvgIpc) is 3.25. The maximum absolute atomic E-state index is 12.8. The fraction of sp³-hybridized carbons (Fsp3) is 0.231. The van der Waals surface area contributed by atoms with E-state index in [2.05, 4.69) is 10.6 Å². The lowest BCUT2D eigenvalue weighted by molar-refractivity contribution is 0.102. The third-order valence-corrected chi connectivity index (χ3v) is 5.95. The van der Waals surface area contributed by atoms with Crippen LogP contribution < -0.4 is 16.4 Å². The average molecular weight is 464 g/mol. The van der Waals surface area contributed by atoms with E-state index in [-0.39, 0.29) is 18.6 Å². The molecule has 1 fully saturated rings. The molecule has 0 heterocycles. The SMILES string of the molecule is N[C@H]1CC[C@H](c2ccc(NC(=O)c3cc(Cl)cc(NC(=O)OCc4ccccc4)c3)cc2)C1. The van der Waals surface area contributed by atoms with Crippen molar-refractivity contribution in [2.45, 2.75) is 37.8 Å². The highest BCUT2D eigenvalue weighted by molar-refractivity contribution is 6.31. The van der Waals surface area contributed by atoms with Crippen molar-refractivity contribution in [3.8, 4) is 0 Å². The molecule has 4 N–H and O–H groups in total. The highest BCUT2D eigenvalue weighted by Crippen LogP contribution is 2.34. The van der Waals surface area contributed by atoms with Crippen LogP contribution in [-0.4, -0.2) is 18.0 Å². The molecule has 0 aliphatic heterocycles. The highest BCUT2D eigenvalue weighted by Gasteiger charge is 2.23. The molecule has 2 amide bonds. The Kier molecular flexibility index (Phi) is 7.27. The fourth-order valence-electron chi connectivity index (χ4n) is 4.03. The van der Waals surface area contributed by atoms with Gasteiger partial charge in [0.2, 0.25) is 0 Å². The molecule has 33 heavy (non-hydrogen) atoms. The number of nitrogens with one attached hydrogen (secondary N) is 2. The van der Waals surface area contributed by atoms with Crippen LogP contribution in [0.2, 0.25) is 5.02 Å². The van der Waals surface area contributed by atoms with E-state index in [0.717, 1.165) is 24.8 Å². The molecule has 0 unspecified atom stereocenters. The summed E-state index contributed by atoms with van der Waals surface area (Å²) in [6, 6.07) is 22.1. The van der Waals surface area contributed by atoms with Crippen LogP contribution in [0.4, 0.5) is 16.2 Å². The minimum absolute atomic E-state index is 0.142. The second kappa shape index (κ2) is 10.5. The number of halogens is 1. The number of ether oxygens (including phenoxy) is 1. The van der Waals surface area contributed by atoms with E-state index in [4.69, 9.17) is 22.1 Å². The number of hydrogen-bond acceptors (Lipinski definition) is 4. The second-order valence-electron chi connectivity index (χ2n) is 8.26. The first-order valence-corrected chi connectivity index (χ1v) is 11.3. The van der Waals surface area contributed by atoms with Crippen molar-refractivity contribution in [3.05, 3.63) is 94.5 Å². The number of anilines is 2. The Morgan fingerprint density at radius 2 is 1.70 bits per heavy atom. The standard InChI is InChI=1S/C26H26ClN3O3/c27-21-12-20(14-24(15-21)30-26(32)33-16-17-4-2-1-3-5-17)25(31)29-23-10-7-18(8-11-23)19-6-9-22(28)13-19/h1-5,7-8,10-12,14-15,19,22H,6,9,13,16,28H2,(H,29,31)(H,30,32)/t19-,22-/m0/s1. The Morgan fingerprint density at radius 1 is 0.939 bits per heavy atom. The Balaban J connectivity index is 1.36. The molecule has 7 heteroatoms. The van der Waals surface area contributed by atoms with Gasteiger partial charge in [-0.25, -0.2) is 4.79 Å². The first-order valence-electron chi connectivity index (χ1n) is 10.9. The second-order valence-corrected chi connectivity index (χ2v) is 8.70. The molecular formula is C26H26ClN3O3. The zero-order valence-electron chi connectivity index (χ0n) is 18.1. The molecule has 0 saturated heterocycles. The normalized spacial score (nSPS) is 17.4. The number of carbonyl (C=O) groups is 2. The van der Waals surface area contributed by atoms with E-state index >= 15 is 0 Å². The van der Waals surface area contributed by atoms with Crippen LogP contribution in [0.1, 0.15) is 46.7 Å². The number of benzene rings is 3. The molecule has 4 rings (SSSR count). The lowest BCUT2D eigenvalue weighted by atomic mass is 9.97. The van der Waals surface area contributed by atoms with Gasteiger partial charge in [0.1, 0.15) is 6.61 Å². The van der Waals surface area contributed by atoms with E-state index in [1.807, 2.05) is 54.6 Å². The van der Waals surface area contributed by atoms with E-state index < -0.39 is 6.09 Å². The van der Waals surface area contributed by atoms with Gasteiger partial charge in [-0.3, -0.25) is 10.1 Å². The molecule has 0 bridgehead atoms. The number of rotatable bonds is 6. The zero-order valence-corrected chi connectivity index (χ0v) is 18.8. The minimum atomic E-state index is -0.630. The Morgan fingerprint density at radius 3 is 2.39 bits per heavy atom. The summed E-state index contributed by atoms with van der Waals surface area (Å²) >= 11 is 6.18. The minimum Gasteiger partial charge on any atom is -0.444 e. The number of hydrogen-bond donors (Lipinski definition) is 3. The Bertz CT molecular complexity index is 1120. The summed E-state index contributed by atoms with van der Waals surface area (Å²) in [5, 5.41) is 5.82. The van der Waals surface area contributed by atoms with Crippen LogP contribution in [0, 0.1) is 0 Å². The van der Waals surface area contributed by atoms with Gasteiger partial charge >= 0.3 is 6.09 Å². The van der Waals surface area contributed by atoms with Crippen molar-refractivity contribution in [3.63, 3.8) is 0 Å². The molecule has 170 valence electrons. The summed E-state index contributed by atoms with van der Waals surface area (Å²) in [6.45, 7) is 0.142. The predicted octanol–water partition coefficient (Wildman–Crippen LogP) is 5.94. The van der Waals surface area contributed by atoms with Crippen LogP contribution >= 0.6 is 11.6 Å². The van der Waals surface area contributed by atoms with E-state index in [1.165, 1.54) is 5.56 Å². The quantitative estimate of drug-likeness (QED) is 0.422. The van der Waals surface area contributed by atoms with E-state index in [0.29, 0.717) is 27.9 Å². The largest absolute Gasteiger partial charge is 0.444 e. The first-order chi connectivity index (χ1) is 16.0. The molecular weight excluding hydrogens is 438 g/mol. The van der Waals surface area contributed by atoms with Crippen molar-refractivity contribution < 1.29 is 14.3 Å². The van der Waals surface area contributed by atoms with Gasteiger partial charge in [0.15, 0.2) is 0 Å². The van der Waals surface area contributed by atoms with E-state index in [9.17, 15) is 9.59 Å². The molecule has 1 aliphatic rings. The lowest BCUT2D eigenvalue weighted by Crippen LogP contribution is -2.16. The van der Waals surface area contributed by atoms with Gasteiger partial charge in [-0.2, -0.15) is 0 Å². The van der Waals surface area contributed by atoms with Crippen molar-refractivity contribution in [1.29, 1.82) is 0 Å². The summed E-state index contributed by atoms with van der Waals surface area (Å²) in [4.78, 5) is 24.9. The number of nitrogens with two attached hydrogens (primary N) is 1. The Hall–Kier alpha value is -3.35. The van der Waals surface area contributed by atoms with Crippen molar-refractivity contribution >= 4 is 35.0 Å². The van der Waals surface area contributed by atoms with Crippen LogP contribution in [0.15, 0.2) is 72.8 Å². The molecule has 3 aromatic carbocycles. The molecule has 0 aromatic heterocycles. The lowest BCUT2D eigenvalue weighted by Gasteiger charge is -2.12. The molecule has 1 aliphatic carbocycles. The third kappa shape index (κ3) is 6.34. The van der Waals surface area contributed by atoms with Crippen LogP contribution in [0.25, 0.3) is 0 Å². The molecule has 1 saturated carbocycles. The summed E-state index contributed by atoms with van der Waals surface area (Å²) in [6.07, 6.45) is 2.51. The topological polar surface area (TPSA) is 93.5 Å². The fourth-order valence-corrected chi connectivity index (χ4v) is 4.27. The van der Waals surface area contributed by atoms with Crippen LogP contribution in [-0.2, 0) is 11.3 Å². The maximum Gasteiger partial charge on any atom is 0.411 e. The summed E-state index contributed by atoms with van der Waals surface area (Å²) in [7, 11) is 0. The number of amides is 2. The molecule has 0 spiro atoms. The maximum atomic E-state index is 12.8. The van der Waals surface area contributed by atoms with Gasteiger partial charge in [-0.1, -0.05) is 54.1 Å². The zero-order chi connectivity index (χ0) is 23.2. The van der Waals surface area contributed by atoms with E-state index in [1.54, 1.807) is 18.2 Å². The van der Waals surface area contributed by atoms with Gasteiger partial charge < -0.3 is 15.8 Å². The summed E-state index contributed by atoms with van der Waals surface area (Å²) < 4.78 is 5.23. The van der Waals surface area contributed by atoms with Crippen molar-refractivity contribution in [1.82, 2.24) is 0 Å². The summed E-state index contributed by atoms with van der Waals surface area (Å²) in [5.74, 6) is 0.154. The smallest absolute Gasteiger partial charge is 0.411 e. The van der Waals surface area contributed by atoms with Crippen LogP contribution in [0.3, 0.4) is 0 Å². The predicted molar refractivity (Wildman–Crippen MR) is 131 cm³/mol. The Labute approximate surface area is 198 Å². The molecule has 3 aromatic rings. The van der Waals surface area contributed by atoms with Gasteiger partial charge in [0.05, 0.1) is 0 Å². The summed E-state index contributed by atoms with van der Waals surface area (Å²) in [5.41, 5.74) is 9.52. The number of carbonyl (C=O) groups excluding carboxylic acids is 2. The molecule has 6 nitrogen and oxygen atoms in total. The monoisotopic (exact) mass is 463 g/mol. The molecule has 2 atom stereocenters.